The van der Waals surface area contributed by atoms with Crippen molar-refractivity contribution in [3.63, 3.8) is 0 Å². The van der Waals surface area contributed by atoms with E-state index in [1.54, 1.807) is 20.8 Å². The molecular formula is C12H17ClO4. The van der Waals surface area contributed by atoms with Crippen LogP contribution in [0.15, 0.2) is 11.6 Å². The van der Waals surface area contributed by atoms with Crippen LogP contribution in [-0.2, 0) is 19.1 Å². The third-order valence-corrected chi connectivity index (χ3v) is 2.78. The largest absolute Gasteiger partial charge is 0.465 e. The first-order chi connectivity index (χ1) is 7.73. The van der Waals surface area contributed by atoms with Crippen molar-refractivity contribution in [3.8, 4) is 0 Å². The Morgan fingerprint density at radius 3 is 2.53 bits per heavy atom. The molecule has 0 aliphatic carbocycles. The zero-order valence-corrected chi connectivity index (χ0v) is 11.1. The number of esters is 2. The topological polar surface area (TPSA) is 52.6 Å². The van der Waals surface area contributed by atoms with Crippen LogP contribution < -0.4 is 0 Å². The molecule has 0 bridgehead atoms. The summed E-state index contributed by atoms with van der Waals surface area (Å²) in [5.41, 5.74) is -2.02. The molecule has 0 amide bonds. The lowest BCUT2D eigenvalue weighted by Gasteiger charge is -2.22. The Hall–Kier alpha value is -1.03. The van der Waals surface area contributed by atoms with E-state index in [1.165, 1.54) is 0 Å². The molecule has 17 heavy (non-hydrogen) atoms. The summed E-state index contributed by atoms with van der Waals surface area (Å²) in [5.74, 6) is -1.17. The molecule has 0 aromatic carbocycles. The van der Waals surface area contributed by atoms with Crippen molar-refractivity contribution in [3.05, 3.63) is 11.6 Å². The van der Waals surface area contributed by atoms with Crippen LogP contribution >= 0.6 is 11.6 Å². The highest BCUT2D eigenvalue weighted by atomic mass is 35.5. The van der Waals surface area contributed by atoms with Gasteiger partial charge in [0, 0.05) is 17.9 Å². The van der Waals surface area contributed by atoms with Gasteiger partial charge in [0.15, 0.2) is 5.41 Å². The zero-order valence-electron chi connectivity index (χ0n) is 10.3. The van der Waals surface area contributed by atoms with Gasteiger partial charge in [-0.25, -0.2) is 0 Å². The van der Waals surface area contributed by atoms with Crippen LogP contribution in [0.5, 0.6) is 0 Å². The van der Waals surface area contributed by atoms with Crippen LogP contribution in [0.4, 0.5) is 0 Å². The van der Waals surface area contributed by atoms with Gasteiger partial charge >= 0.3 is 11.9 Å². The van der Waals surface area contributed by atoms with Crippen molar-refractivity contribution in [1.29, 1.82) is 0 Å². The first-order valence-electron chi connectivity index (χ1n) is 5.47. The quantitative estimate of drug-likeness (QED) is 0.575. The van der Waals surface area contributed by atoms with E-state index >= 15 is 0 Å². The summed E-state index contributed by atoms with van der Waals surface area (Å²) in [7, 11) is 0. The van der Waals surface area contributed by atoms with Crippen LogP contribution in [0.1, 0.15) is 33.6 Å². The molecule has 0 saturated carbocycles. The molecule has 0 radical (unpaired) electrons. The van der Waals surface area contributed by atoms with E-state index in [2.05, 4.69) is 6.58 Å². The number of hydrogen-bond acceptors (Lipinski definition) is 4. The van der Waals surface area contributed by atoms with E-state index in [9.17, 15) is 9.59 Å². The number of hydrogen-bond donors (Lipinski definition) is 0. The Bertz CT molecular complexity index is 362. The lowest BCUT2D eigenvalue weighted by atomic mass is 9.78. The first kappa shape index (κ1) is 14.0. The third kappa shape index (κ3) is 2.80. The Morgan fingerprint density at radius 1 is 1.59 bits per heavy atom. The second-order valence-corrected chi connectivity index (χ2v) is 5.36. The second-order valence-electron chi connectivity index (χ2n) is 4.82. The van der Waals surface area contributed by atoms with Crippen LogP contribution in [0, 0.1) is 5.41 Å². The van der Waals surface area contributed by atoms with E-state index in [0.29, 0.717) is 0 Å². The number of rotatable bonds is 4. The van der Waals surface area contributed by atoms with E-state index in [4.69, 9.17) is 21.1 Å². The predicted octanol–water partition coefficient (Wildman–Crippen LogP) is 2.40. The highest BCUT2D eigenvalue weighted by molar-refractivity contribution is 6.29. The molecule has 1 heterocycles. The van der Waals surface area contributed by atoms with Gasteiger partial charge in [-0.2, -0.15) is 0 Å². The van der Waals surface area contributed by atoms with Crippen LogP contribution in [-0.4, -0.2) is 24.1 Å². The summed E-state index contributed by atoms with van der Waals surface area (Å²) in [5, 5.41) is 0.243. The molecule has 1 unspecified atom stereocenters. The molecule has 5 heteroatoms. The number of carbonyl (C=O) groups excluding carboxylic acids is 2. The minimum absolute atomic E-state index is 0.0512. The zero-order chi connectivity index (χ0) is 13.3. The number of cyclic esters (lactones) is 1. The lowest BCUT2D eigenvalue weighted by molar-refractivity contribution is -0.165. The maximum Gasteiger partial charge on any atom is 0.324 e. The van der Waals surface area contributed by atoms with Gasteiger partial charge in [-0.3, -0.25) is 9.59 Å². The van der Waals surface area contributed by atoms with Crippen molar-refractivity contribution >= 4 is 23.5 Å². The first-order valence-corrected chi connectivity index (χ1v) is 5.85. The summed E-state index contributed by atoms with van der Waals surface area (Å²) >= 11 is 5.74. The minimum atomic E-state index is -1.33. The smallest absolute Gasteiger partial charge is 0.324 e. The van der Waals surface area contributed by atoms with Gasteiger partial charge in [0.05, 0.1) is 6.61 Å². The predicted molar refractivity (Wildman–Crippen MR) is 63.5 cm³/mol. The average molecular weight is 261 g/mol. The highest BCUT2D eigenvalue weighted by Crippen LogP contribution is 2.45. The number of halogens is 1. The number of allylic oxidation sites excluding steroid dienone is 1. The molecule has 1 aliphatic rings. The summed E-state index contributed by atoms with van der Waals surface area (Å²) < 4.78 is 10.1. The molecule has 4 nitrogen and oxygen atoms in total. The fourth-order valence-corrected chi connectivity index (χ4v) is 2.37. The average Bonchev–Trinajstić information content (AvgIpc) is 2.36. The fraction of sp³-hybridized carbons (Fsp3) is 0.667. The number of carbonyl (C=O) groups is 2. The normalized spacial score (nSPS) is 26.5. The van der Waals surface area contributed by atoms with E-state index in [1.807, 2.05) is 0 Å². The Morgan fingerprint density at radius 2 is 2.18 bits per heavy atom. The molecule has 0 aromatic rings. The van der Waals surface area contributed by atoms with Crippen LogP contribution in [0.3, 0.4) is 0 Å². The molecule has 0 spiro atoms. The van der Waals surface area contributed by atoms with Gasteiger partial charge in [0.2, 0.25) is 0 Å². The summed E-state index contributed by atoms with van der Waals surface area (Å²) in [4.78, 5) is 23.9. The van der Waals surface area contributed by atoms with Crippen molar-refractivity contribution < 1.29 is 19.1 Å². The van der Waals surface area contributed by atoms with Crippen molar-refractivity contribution in [2.75, 3.05) is 6.61 Å². The van der Waals surface area contributed by atoms with Crippen LogP contribution in [0.2, 0.25) is 0 Å². The Kier molecular flexibility index (Phi) is 3.87. The molecule has 1 atom stereocenters. The number of ether oxygens (including phenoxy) is 2. The lowest BCUT2D eigenvalue weighted by Crippen LogP contribution is -2.38. The molecule has 0 aromatic heterocycles. The molecule has 96 valence electrons. The van der Waals surface area contributed by atoms with E-state index in [0.717, 1.165) is 0 Å². The standard InChI is InChI=1S/C12H17ClO4/c1-5-16-9(14)12(6-8(2)13)7-11(3,4)17-10(12)15/h2,5-7H2,1,3-4H3. The van der Waals surface area contributed by atoms with Crippen LogP contribution in [0.25, 0.3) is 0 Å². The molecule has 1 saturated heterocycles. The van der Waals surface area contributed by atoms with E-state index < -0.39 is 23.0 Å². The highest BCUT2D eigenvalue weighted by Gasteiger charge is 2.58. The minimum Gasteiger partial charge on any atom is -0.465 e. The fourth-order valence-electron chi connectivity index (χ4n) is 2.14. The third-order valence-electron chi connectivity index (χ3n) is 2.65. The molecule has 1 rings (SSSR count). The maximum atomic E-state index is 12.0. The summed E-state index contributed by atoms with van der Waals surface area (Å²) in [6, 6.07) is 0. The molecular weight excluding hydrogens is 244 g/mol. The molecule has 0 N–H and O–H groups in total. The summed E-state index contributed by atoms with van der Waals surface area (Å²) in [6.07, 6.45) is 0.305. The summed E-state index contributed by atoms with van der Waals surface area (Å²) in [6.45, 7) is 8.94. The van der Waals surface area contributed by atoms with Gasteiger partial charge in [-0.15, -0.1) is 0 Å². The van der Waals surface area contributed by atoms with Crippen molar-refractivity contribution in [2.24, 2.45) is 5.41 Å². The van der Waals surface area contributed by atoms with Crippen molar-refractivity contribution in [1.82, 2.24) is 0 Å². The van der Waals surface area contributed by atoms with Gasteiger partial charge in [-0.05, 0) is 20.8 Å². The maximum absolute atomic E-state index is 12.0. The second kappa shape index (κ2) is 4.69. The Balaban J connectivity index is 3.07. The van der Waals surface area contributed by atoms with Crippen molar-refractivity contribution in [2.45, 2.75) is 39.2 Å². The molecule has 1 fully saturated rings. The Labute approximate surface area is 106 Å². The van der Waals surface area contributed by atoms with Gasteiger partial charge in [0.25, 0.3) is 0 Å². The van der Waals surface area contributed by atoms with Gasteiger partial charge in [-0.1, -0.05) is 18.2 Å². The van der Waals surface area contributed by atoms with Gasteiger partial charge < -0.3 is 9.47 Å². The van der Waals surface area contributed by atoms with Gasteiger partial charge in [0.1, 0.15) is 5.60 Å². The monoisotopic (exact) mass is 260 g/mol. The SMILES string of the molecule is C=C(Cl)CC1(C(=O)OCC)CC(C)(C)OC1=O. The molecule has 1 aliphatic heterocycles. The van der Waals surface area contributed by atoms with E-state index in [-0.39, 0.29) is 24.5 Å².